The smallest absolute Gasteiger partial charge is 0.395 e. The molecule has 0 amide bonds. The molecule has 0 spiro atoms. The van der Waals surface area contributed by atoms with Gasteiger partial charge in [0.1, 0.15) is 0 Å². The fraction of sp³-hybridized carbons (Fsp3) is 0.143. The Morgan fingerprint density at radius 3 is 1.15 bits per heavy atom. The summed E-state index contributed by atoms with van der Waals surface area (Å²) >= 11 is 4.77. The van der Waals surface area contributed by atoms with Crippen molar-refractivity contribution in [2.75, 3.05) is 26.2 Å². The van der Waals surface area contributed by atoms with Gasteiger partial charge in [0.2, 0.25) is 0 Å². The number of halogens is 2. The van der Waals surface area contributed by atoms with Crippen molar-refractivity contribution < 1.29 is 39.2 Å². The van der Waals surface area contributed by atoms with Gasteiger partial charge in [0.15, 0.2) is 0 Å². The molecule has 0 unspecified atom stereocenters. The Balaban J connectivity index is 0.000000746. The second-order valence-electron chi connectivity index (χ2n) is 6.98. The van der Waals surface area contributed by atoms with Crippen molar-refractivity contribution in [3.8, 4) is 0 Å². The van der Waals surface area contributed by atoms with Gasteiger partial charge in [0.25, 0.3) is 0 Å². The Hall–Kier alpha value is 1.90. The van der Waals surface area contributed by atoms with E-state index in [0.29, 0.717) is 6.54 Å². The van der Waals surface area contributed by atoms with Crippen molar-refractivity contribution in [3.05, 3.63) is 147 Å². The minimum Gasteiger partial charge on any atom is -0.395 e. The normalized spacial score (nSPS) is 21.4. The van der Waals surface area contributed by atoms with Crippen molar-refractivity contribution in [2.24, 2.45) is 0 Å². The van der Waals surface area contributed by atoms with Gasteiger partial charge in [0.05, 0.1) is 6.61 Å². The van der Waals surface area contributed by atoms with Gasteiger partial charge in [-0.3, -0.25) is 4.90 Å². The third kappa shape index (κ3) is 18.2. The minimum absolute atomic E-state index is 0. The van der Waals surface area contributed by atoms with Crippen LogP contribution in [-0.4, -0.2) is 36.2 Å². The van der Waals surface area contributed by atoms with Crippen LogP contribution in [0.5, 0.6) is 0 Å². The van der Waals surface area contributed by atoms with Crippen LogP contribution in [0.4, 0.5) is 0 Å². The average Bonchev–Trinajstić information content (AvgIpc) is 3.60. The number of hydrogen-bond acceptors (Lipinski definition) is 2. The van der Waals surface area contributed by atoms with Gasteiger partial charge >= 0.3 is 34.1 Å². The summed E-state index contributed by atoms with van der Waals surface area (Å²) in [7, 11) is 0. The van der Waals surface area contributed by atoms with E-state index in [2.05, 4.69) is 87.9 Å². The Bertz CT molecular complexity index is 465. The molecule has 4 aliphatic carbocycles. The van der Waals surface area contributed by atoms with E-state index in [0.717, 1.165) is 13.1 Å². The summed E-state index contributed by atoms with van der Waals surface area (Å²) in [5.41, 5.74) is 0. The first-order chi connectivity index (χ1) is 15.7. The van der Waals surface area contributed by atoms with Crippen LogP contribution in [0, 0.1) is 127 Å². The third-order valence-corrected chi connectivity index (χ3v) is 5.61. The van der Waals surface area contributed by atoms with E-state index in [1.54, 1.807) is 0 Å². The monoisotopic (exact) mass is 761 g/mol. The molecule has 0 aromatic rings. The fourth-order valence-electron chi connectivity index (χ4n) is 2.85. The zero-order valence-corrected chi connectivity index (χ0v) is 25.3. The molecule has 0 aliphatic heterocycles. The first-order valence-corrected chi connectivity index (χ1v) is 12.7. The predicted octanol–water partition coefficient (Wildman–Crippen LogP) is 5.77. The van der Waals surface area contributed by atoms with Crippen LogP contribution in [0.3, 0.4) is 0 Å². The minimum atomic E-state index is 0. The quantitative estimate of drug-likeness (QED) is 0.251. The van der Waals surface area contributed by atoms with E-state index in [1.807, 2.05) is 89.9 Å². The first-order valence-electron chi connectivity index (χ1n) is 10.5. The molecule has 34 heavy (non-hydrogen) atoms. The van der Waals surface area contributed by atoms with Gasteiger partial charge in [-0.05, 0) is 161 Å². The zero-order chi connectivity index (χ0) is 22.9. The molecule has 6 heteroatoms. The van der Waals surface area contributed by atoms with E-state index in [9.17, 15) is 5.11 Å². The van der Waals surface area contributed by atoms with Crippen LogP contribution < -0.4 is 0 Å². The summed E-state index contributed by atoms with van der Waals surface area (Å²) < 4.78 is 2.55. The number of aliphatic hydroxyl groups is 1. The van der Waals surface area contributed by atoms with E-state index >= 15 is 0 Å². The van der Waals surface area contributed by atoms with E-state index < -0.39 is 0 Å². The molecule has 0 heterocycles. The largest absolute Gasteiger partial charge is 2.00 e. The maximum Gasteiger partial charge on any atom is 2.00 e. The Morgan fingerprint density at radius 1 is 0.588 bits per heavy atom. The topological polar surface area (TPSA) is 23.5 Å². The number of aliphatic hydroxyl groups excluding tert-OH is 1. The van der Waals surface area contributed by atoms with E-state index in [4.69, 9.17) is 0 Å². The van der Waals surface area contributed by atoms with Crippen LogP contribution in [0.15, 0.2) is 19.3 Å². The number of hydrogen-bond donors (Lipinski definition) is 1. The van der Waals surface area contributed by atoms with Gasteiger partial charge in [-0.15, -0.1) is 0 Å². The maximum absolute atomic E-state index is 9.29. The molecule has 0 aromatic carbocycles. The average molecular weight is 761 g/mol. The molecular weight excluding hydrogens is 732 g/mol. The zero-order valence-electron chi connectivity index (χ0n) is 18.7. The molecular formula is C28H29Fe2I2NO+4. The van der Waals surface area contributed by atoms with Crippen molar-refractivity contribution in [2.45, 2.75) is 0 Å². The molecule has 4 saturated carbocycles. The van der Waals surface area contributed by atoms with E-state index in [1.165, 1.54) is 19.0 Å². The van der Waals surface area contributed by atoms with Gasteiger partial charge in [0, 0.05) is 38.6 Å². The number of allylic oxidation sites excluding steroid dienone is 2. The van der Waals surface area contributed by atoms with Crippen LogP contribution in [0.25, 0.3) is 0 Å². The standard InChI is InChI=1S/C18H19I2NO.2C5H5.2Fe/c19-17(11-15-5-1-2-6-15)13-21(9-10-22)14-18(20)12-16-7-3-4-8-16;2*1-2-4-5-3-1;;/h1-8,11-12,22H,9-10,13-14H2;2*1-5H;;/q;;;2*+2/b17-11-,18-12-;;;;. The van der Waals surface area contributed by atoms with Gasteiger partial charge in [-0.1, -0.05) is 12.2 Å². The van der Waals surface area contributed by atoms with E-state index in [-0.39, 0.29) is 40.7 Å². The molecule has 20 radical (unpaired) electrons. The van der Waals surface area contributed by atoms with Gasteiger partial charge < -0.3 is 5.11 Å². The molecule has 4 rings (SSSR count). The maximum atomic E-state index is 9.29. The van der Waals surface area contributed by atoms with Crippen molar-refractivity contribution >= 4 is 45.2 Å². The summed E-state index contributed by atoms with van der Waals surface area (Å²) in [5, 5.41) is 9.29. The molecule has 0 saturated heterocycles. The Labute approximate surface area is 259 Å². The molecule has 4 aliphatic rings. The van der Waals surface area contributed by atoms with Crippen molar-refractivity contribution in [3.63, 3.8) is 0 Å². The molecule has 4 fully saturated rings. The fourth-order valence-corrected chi connectivity index (χ4v) is 4.53. The van der Waals surface area contributed by atoms with Crippen molar-refractivity contribution in [1.82, 2.24) is 4.90 Å². The van der Waals surface area contributed by atoms with Gasteiger partial charge in [-0.25, -0.2) is 0 Å². The first kappa shape index (κ1) is 35.9. The third-order valence-electron chi connectivity index (χ3n) is 4.30. The molecule has 0 bridgehead atoms. The van der Waals surface area contributed by atoms with Crippen molar-refractivity contribution in [1.29, 1.82) is 0 Å². The molecule has 0 atom stereocenters. The number of nitrogens with zero attached hydrogens (tertiary/aromatic N) is 1. The van der Waals surface area contributed by atoms with Crippen LogP contribution in [0.1, 0.15) is 0 Å². The summed E-state index contributed by atoms with van der Waals surface area (Å²) in [4.78, 5) is 2.27. The second-order valence-corrected chi connectivity index (χ2v) is 9.75. The predicted molar refractivity (Wildman–Crippen MR) is 152 cm³/mol. The van der Waals surface area contributed by atoms with Crippen LogP contribution in [-0.2, 0) is 34.1 Å². The molecule has 178 valence electrons. The van der Waals surface area contributed by atoms with Crippen LogP contribution in [0.2, 0.25) is 0 Å². The molecule has 1 N–H and O–H groups in total. The van der Waals surface area contributed by atoms with Gasteiger partial charge in [-0.2, -0.15) is 0 Å². The summed E-state index contributed by atoms with van der Waals surface area (Å²) in [6.07, 6.45) is 41.0. The summed E-state index contributed by atoms with van der Waals surface area (Å²) in [6, 6.07) is 0. The summed E-state index contributed by atoms with van der Waals surface area (Å²) in [5.74, 6) is 2.46. The summed E-state index contributed by atoms with van der Waals surface area (Å²) in [6.45, 7) is 2.57. The molecule has 2 nitrogen and oxygen atoms in total. The second kappa shape index (κ2) is 24.0. The van der Waals surface area contributed by atoms with Crippen LogP contribution >= 0.6 is 45.2 Å². The molecule has 0 aromatic heterocycles. The number of rotatable bonds is 8. The SMILES string of the molecule is OCCN(C/C(I)=C/[C]1[CH][CH][CH][CH]1)C/C(I)=C/[C]1[CH][CH][CH][CH]1.[CH]1[CH][CH][CH][CH]1.[CH]1[CH][CH][CH][CH]1.[Fe+2].[Fe+2]. The Morgan fingerprint density at radius 2 is 0.882 bits per heavy atom. The Kier molecular flexibility index (Phi) is 25.3.